The van der Waals surface area contributed by atoms with Crippen molar-refractivity contribution in [1.82, 2.24) is 0 Å². The van der Waals surface area contributed by atoms with Crippen molar-refractivity contribution in [3.8, 4) is 0 Å². The molecule has 3 rings (SSSR count). The standard InChI is InChI=1S/C20H17NOS/c22-20(13-12-18-10-6-14-23-18)21-19-11-5-4-9-17(19)15-16-7-2-1-3-8-16/h1-14H,15H2,(H,21,22). The molecule has 2 nitrogen and oxygen atoms in total. The maximum Gasteiger partial charge on any atom is 0.248 e. The third-order valence-electron chi connectivity index (χ3n) is 3.45. The zero-order valence-corrected chi connectivity index (χ0v) is 13.4. The summed E-state index contributed by atoms with van der Waals surface area (Å²) in [5.74, 6) is -0.112. The summed E-state index contributed by atoms with van der Waals surface area (Å²) in [4.78, 5) is 13.2. The van der Waals surface area contributed by atoms with Gasteiger partial charge in [-0.25, -0.2) is 0 Å². The second-order valence-corrected chi connectivity index (χ2v) is 6.14. The van der Waals surface area contributed by atoms with E-state index in [9.17, 15) is 4.79 Å². The fraction of sp³-hybridized carbons (Fsp3) is 0.0500. The lowest BCUT2D eigenvalue weighted by Crippen LogP contribution is -2.09. The summed E-state index contributed by atoms with van der Waals surface area (Å²) in [5, 5.41) is 4.96. The van der Waals surface area contributed by atoms with E-state index in [1.165, 1.54) is 5.56 Å². The Kier molecular flexibility index (Phi) is 5.02. The zero-order valence-electron chi connectivity index (χ0n) is 12.6. The lowest BCUT2D eigenvalue weighted by atomic mass is 10.0. The predicted molar refractivity (Wildman–Crippen MR) is 97.7 cm³/mol. The molecule has 0 aliphatic carbocycles. The van der Waals surface area contributed by atoms with E-state index in [-0.39, 0.29) is 5.91 Å². The normalized spacial score (nSPS) is 10.8. The number of anilines is 1. The summed E-state index contributed by atoms with van der Waals surface area (Å²) < 4.78 is 0. The molecule has 0 atom stereocenters. The minimum absolute atomic E-state index is 0.112. The maximum absolute atomic E-state index is 12.1. The van der Waals surface area contributed by atoms with Gasteiger partial charge in [-0.05, 0) is 41.1 Å². The molecule has 1 aromatic heterocycles. The molecule has 114 valence electrons. The minimum Gasteiger partial charge on any atom is -0.322 e. The molecule has 23 heavy (non-hydrogen) atoms. The van der Waals surface area contributed by atoms with Gasteiger partial charge in [-0.15, -0.1) is 11.3 Å². The molecule has 1 amide bonds. The van der Waals surface area contributed by atoms with E-state index in [1.807, 2.05) is 66.1 Å². The van der Waals surface area contributed by atoms with Gasteiger partial charge in [0, 0.05) is 16.6 Å². The van der Waals surface area contributed by atoms with Crippen LogP contribution < -0.4 is 5.32 Å². The van der Waals surface area contributed by atoms with Gasteiger partial charge in [0.05, 0.1) is 0 Å². The van der Waals surface area contributed by atoms with Crippen LogP contribution in [0.25, 0.3) is 6.08 Å². The molecule has 0 radical (unpaired) electrons. The highest BCUT2D eigenvalue weighted by Crippen LogP contribution is 2.19. The summed E-state index contributed by atoms with van der Waals surface area (Å²) in [6, 6.07) is 22.1. The Bertz CT molecular complexity index is 792. The third kappa shape index (κ3) is 4.41. The smallest absolute Gasteiger partial charge is 0.248 e. The summed E-state index contributed by atoms with van der Waals surface area (Å²) >= 11 is 1.61. The Morgan fingerprint density at radius 1 is 0.957 bits per heavy atom. The highest BCUT2D eigenvalue weighted by molar-refractivity contribution is 7.10. The van der Waals surface area contributed by atoms with Crippen molar-refractivity contribution in [3.05, 3.63) is 94.2 Å². The Hall–Kier alpha value is -2.65. The minimum atomic E-state index is -0.112. The van der Waals surface area contributed by atoms with Crippen molar-refractivity contribution in [2.45, 2.75) is 6.42 Å². The van der Waals surface area contributed by atoms with Crippen molar-refractivity contribution in [2.24, 2.45) is 0 Å². The predicted octanol–water partition coefficient (Wildman–Crippen LogP) is 4.99. The van der Waals surface area contributed by atoms with Crippen LogP contribution in [0.3, 0.4) is 0 Å². The van der Waals surface area contributed by atoms with Crippen LogP contribution >= 0.6 is 11.3 Å². The van der Waals surface area contributed by atoms with E-state index in [0.717, 1.165) is 22.5 Å². The number of amides is 1. The highest BCUT2D eigenvalue weighted by atomic mass is 32.1. The molecule has 0 bridgehead atoms. The maximum atomic E-state index is 12.1. The van der Waals surface area contributed by atoms with Gasteiger partial charge in [0.2, 0.25) is 5.91 Å². The van der Waals surface area contributed by atoms with Crippen LogP contribution in [0.5, 0.6) is 0 Å². The molecule has 0 unspecified atom stereocenters. The molecular formula is C20H17NOS. The summed E-state index contributed by atoms with van der Waals surface area (Å²) in [6.45, 7) is 0. The quantitative estimate of drug-likeness (QED) is 0.659. The summed E-state index contributed by atoms with van der Waals surface area (Å²) in [7, 11) is 0. The van der Waals surface area contributed by atoms with Crippen molar-refractivity contribution in [3.63, 3.8) is 0 Å². The van der Waals surface area contributed by atoms with Gasteiger partial charge in [-0.2, -0.15) is 0 Å². The lowest BCUT2D eigenvalue weighted by Gasteiger charge is -2.10. The summed E-state index contributed by atoms with van der Waals surface area (Å²) in [5.41, 5.74) is 3.19. The van der Waals surface area contributed by atoms with E-state index in [2.05, 4.69) is 17.4 Å². The van der Waals surface area contributed by atoms with Crippen LogP contribution in [-0.2, 0) is 11.2 Å². The first-order chi connectivity index (χ1) is 11.3. The number of rotatable bonds is 5. The number of hydrogen-bond acceptors (Lipinski definition) is 2. The molecule has 0 aliphatic rings. The largest absolute Gasteiger partial charge is 0.322 e. The number of para-hydroxylation sites is 1. The fourth-order valence-corrected chi connectivity index (χ4v) is 2.95. The van der Waals surface area contributed by atoms with E-state index in [0.29, 0.717) is 0 Å². The Morgan fingerprint density at radius 3 is 2.52 bits per heavy atom. The fourth-order valence-electron chi connectivity index (χ4n) is 2.33. The van der Waals surface area contributed by atoms with E-state index >= 15 is 0 Å². The third-order valence-corrected chi connectivity index (χ3v) is 4.29. The van der Waals surface area contributed by atoms with Crippen LogP contribution in [-0.4, -0.2) is 5.91 Å². The van der Waals surface area contributed by atoms with E-state index in [4.69, 9.17) is 0 Å². The van der Waals surface area contributed by atoms with Crippen molar-refractivity contribution < 1.29 is 4.79 Å². The molecule has 3 heteroatoms. The number of hydrogen-bond donors (Lipinski definition) is 1. The monoisotopic (exact) mass is 319 g/mol. The molecule has 3 aromatic rings. The van der Waals surface area contributed by atoms with Gasteiger partial charge in [0.25, 0.3) is 0 Å². The lowest BCUT2D eigenvalue weighted by molar-refractivity contribution is -0.111. The van der Waals surface area contributed by atoms with Gasteiger partial charge in [0.15, 0.2) is 0 Å². The van der Waals surface area contributed by atoms with Gasteiger partial charge in [0.1, 0.15) is 0 Å². The SMILES string of the molecule is O=C(C=Cc1cccs1)Nc1ccccc1Cc1ccccc1. The first-order valence-corrected chi connectivity index (χ1v) is 8.33. The van der Waals surface area contributed by atoms with Crippen molar-refractivity contribution in [2.75, 3.05) is 5.32 Å². The molecule has 0 saturated carbocycles. The zero-order chi connectivity index (χ0) is 15.9. The van der Waals surface area contributed by atoms with E-state index in [1.54, 1.807) is 17.4 Å². The molecule has 0 fully saturated rings. The second-order valence-electron chi connectivity index (χ2n) is 5.16. The van der Waals surface area contributed by atoms with Crippen LogP contribution in [0.2, 0.25) is 0 Å². The highest BCUT2D eigenvalue weighted by Gasteiger charge is 2.05. The summed E-state index contributed by atoms with van der Waals surface area (Å²) in [6.07, 6.45) is 4.21. The average molecular weight is 319 g/mol. The van der Waals surface area contributed by atoms with Gasteiger partial charge < -0.3 is 5.32 Å². The number of thiophene rings is 1. The average Bonchev–Trinajstić information content (AvgIpc) is 3.09. The number of carbonyl (C=O) groups excluding carboxylic acids is 1. The number of nitrogens with one attached hydrogen (secondary N) is 1. The topological polar surface area (TPSA) is 29.1 Å². The Morgan fingerprint density at radius 2 is 1.74 bits per heavy atom. The van der Waals surface area contributed by atoms with Crippen molar-refractivity contribution in [1.29, 1.82) is 0 Å². The molecule has 1 heterocycles. The molecule has 0 spiro atoms. The molecule has 1 N–H and O–H groups in total. The Balaban J connectivity index is 1.71. The van der Waals surface area contributed by atoms with Crippen LogP contribution in [0.1, 0.15) is 16.0 Å². The van der Waals surface area contributed by atoms with Gasteiger partial charge in [-0.3, -0.25) is 4.79 Å². The van der Waals surface area contributed by atoms with Crippen LogP contribution in [0.15, 0.2) is 78.2 Å². The first-order valence-electron chi connectivity index (χ1n) is 7.46. The molecule has 0 aliphatic heterocycles. The second kappa shape index (κ2) is 7.56. The molecule has 2 aromatic carbocycles. The van der Waals surface area contributed by atoms with Crippen molar-refractivity contribution >= 4 is 29.0 Å². The first kappa shape index (κ1) is 15.3. The number of benzene rings is 2. The van der Waals surface area contributed by atoms with Crippen LogP contribution in [0.4, 0.5) is 5.69 Å². The van der Waals surface area contributed by atoms with E-state index < -0.39 is 0 Å². The van der Waals surface area contributed by atoms with Gasteiger partial charge >= 0.3 is 0 Å². The number of carbonyl (C=O) groups is 1. The Labute approximate surface area is 140 Å². The van der Waals surface area contributed by atoms with Gasteiger partial charge in [-0.1, -0.05) is 54.6 Å². The molecule has 0 saturated heterocycles. The van der Waals surface area contributed by atoms with Crippen LogP contribution in [0, 0.1) is 0 Å². The molecular weight excluding hydrogens is 302 g/mol.